The molecule has 0 spiro atoms. The van der Waals surface area contributed by atoms with Gasteiger partial charge in [0.1, 0.15) is 5.75 Å². The first-order chi connectivity index (χ1) is 18.6. The lowest BCUT2D eigenvalue weighted by molar-refractivity contribution is -0.139. The van der Waals surface area contributed by atoms with Crippen LogP contribution in [0.1, 0.15) is 72.9 Å². The van der Waals surface area contributed by atoms with Crippen LogP contribution in [-0.2, 0) is 20.7 Å². The van der Waals surface area contributed by atoms with Gasteiger partial charge in [0.25, 0.3) is 0 Å². The van der Waals surface area contributed by atoms with Crippen LogP contribution < -0.4 is 4.74 Å². The summed E-state index contributed by atoms with van der Waals surface area (Å²) in [4.78, 5) is 11.5. The van der Waals surface area contributed by atoms with Gasteiger partial charge >= 0.3 is 5.97 Å². The molecule has 0 aromatic heterocycles. The molecule has 0 bridgehead atoms. The Labute approximate surface area is 236 Å². The number of ether oxygens (including phenoxy) is 3. The molecule has 0 saturated carbocycles. The van der Waals surface area contributed by atoms with Crippen molar-refractivity contribution in [3.63, 3.8) is 0 Å². The predicted molar refractivity (Wildman–Crippen MR) is 153 cm³/mol. The molecule has 2 saturated heterocycles. The number of carboxylic acid groups (broad SMARTS) is 1. The summed E-state index contributed by atoms with van der Waals surface area (Å²) in [6.07, 6.45) is 1.21. The van der Waals surface area contributed by atoms with Gasteiger partial charge in [-0.15, -0.1) is 0 Å². The zero-order valence-electron chi connectivity index (χ0n) is 23.0. The molecule has 2 aliphatic rings. The van der Waals surface area contributed by atoms with Crippen LogP contribution in [0.3, 0.4) is 0 Å². The largest absolute Gasteiger partial charge is 0.482 e. The molecule has 3 aromatic carbocycles. The molecule has 5 rings (SSSR count). The lowest BCUT2D eigenvalue weighted by Crippen LogP contribution is -2.42. The van der Waals surface area contributed by atoms with Crippen molar-refractivity contribution in [1.82, 2.24) is 0 Å². The van der Waals surface area contributed by atoms with Crippen molar-refractivity contribution in [2.75, 3.05) is 13.2 Å². The fourth-order valence-corrected chi connectivity index (χ4v) is 6.07. The van der Waals surface area contributed by atoms with Crippen molar-refractivity contribution in [2.24, 2.45) is 5.92 Å². The maximum absolute atomic E-state index is 11.5. The van der Waals surface area contributed by atoms with Crippen LogP contribution in [0.4, 0.5) is 0 Å². The van der Waals surface area contributed by atoms with Gasteiger partial charge in [0.15, 0.2) is 6.61 Å². The molecule has 206 valence electrons. The number of aryl methyl sites for hydroxylation is 1. The van der Waals surface area contributed by atoms with Gasteiger partial charge in [-0.25, -0.2) is 4.79 Å². The average molecular weight is 549 g/mol. The lowest BCUT2D eigenvalue weighted by atomic mass is 9.71. The van der Waals surface area contributed by atoms with E-state index in [4.69, 9.17) is 25.8 Å². The van der Waals surface area contributed by atoms with E-state index in [1.807, 2.05) is 24.3 Å². The van der Waals surface area contributed by atoms with Gasteiger partial charge in [-0.1, -0.05) is 74.0 Å². The van der Waals surface area contributed by atoms with E-state index in [0.29, 0.717) is 17.4 Å². The minimum Gasteiger partial charge on any atom is -0.482 e. The Morgan fingerprint density at radius 1 is 1.13 bits per heavy atom. The predicted octanol–water partition coefficient (Wildman–Crippen LogP) is 7.50. The first-order valence-corrected chi connectivity index (χ1v) is 14.1. The molecule has 39 heavy (non-hydrogen) atoms. The van der Waals surface area contributed by atoms with Gasteiger partial charge < -0.3 is 19.3 Å². The van der Waals surface area contributed by atoms with Crippen LogP contribution in [-0.4, -0.2) is 36.0 Å². The number of carboxylic acids is 1. The Balaban J connectivity index is 1.59. The van der Waals surface area contributed by atoms with Gasteiger partial charge in [-0.3, -0.25) is 0 Å². The molecule has 2 aliphatic heterocycles. The van der Waals surface area contributed by atoms with E-state index >= 15 is 0 Å². The van der Waals surface area contributed by atoms with Crippen molar-refractivity contribution >= 4 is 17.6 Å². The summed E-state index contributed by atoms with van der Waals surface area (Å²) in [5, 5.41) is 10.1. The molecule has 2 heterocycles. The molecular weight excluding hydrogens is 512 g/mol. The second kappa shape index (κ2) is 11.3. The number of halogens is 1. The third-order valence-corrected chi connectivity index (χ3v) is 8.53. The van der Waals surface area contributed by atoms with Gasteiger partial charge in [0.2, 0.25) is 0 Å². The topological polar surface area (TPSA) is 68.3 Å². The van der Waals surface area contributed by atoms with Crippen LogP contribution in [0, 0.1) is 12.8 Å². The van der Waals surface area contributed by atoms with Crippen LogP contribution in [0.2, 0.25) is 5.02 Å². The lowest BCUT2D eigenvalue weighted by Gasteiger charge is -2.45. The standard InChI is InChI=1S/C33H37ClO5/c1-20(2)24-14-21(3)31(29(16-24)37-18-30(35)36)32-27(33(4)19-38-33)17-26(23-10-12-25(34)13-11-23)28(39-32)15-22-8-6-5-7-9-22/h5-14,16,20,26-28,32H,15,17-19H2,1-4H3,(H,35,36)/t26-,27+,28+,32+,33?/m0/s1. The Bertz CT molecular complexity index is 1300. The molecule has 0 aliphatic carbocycles. The highest BCUT2D eigenvalue weighted by Crippen LogP contribution is 2.55. The van der Waals surface area contributed by atoms with E-state index in [-0.39, 0.29) is 35.6 Å². The first-order valence-electron chi connectivity index (χ1n) is 13.7. The van der Waals surface area contributed by atoms with Crippen molar-refractivity contribution < 1.29 is 24.1 Å². The Hall–Kier alpha value is -2.86. The minimum atomic E-state index is -1.00. The number of carbonyl (C=O) groups is 1. The quantitative estimate of drug-likeness (QED) is 0.280. The van der Waals surface area contributed by atoms with E-state index in [9.17, 15) is 9.90 Å². The smallest absolute Gasteiger partial charge is 0.341 e. The van der Waals surface area contributed by atoms with Crippen LogP contribution >= 0.6 is 11.6 Å². The second-order valence-corrected chi connectivity index (χ2v) is 11.9. The first kappa shape index (κ1) is 27.7. The highest BCUT2D eigenvalue weighted by Gasteiger charge is 2.55. The van der Waals surface area contributed by atoms with Gasteiger partial charge in [-0.05, 0) is 73.1 Å². The molecule has 5 nitrogen and oxygen atoms in total. The highest BCUT2D eigenvalue weighted by molar-refractivity contribution is 6.30. The van der Waals surface area contributed by atoms with E-state index in [1.165, 1.54) is 11.1 Å². The Kier molecular flexibility index (Phi) is 8.04. The Morgan fingerprint density at radius 3 is 2.44 bits per heavy atom. The highest BCUT2D eigenvalue weighted by atomic mass is 35.5. The van der Waals surface area contributed by atoms with E-state index in [1.54, 1.807) is 0 Å². The Morgan fingerprint density at radius 2 is 1.82 bits per heavy atom. The van der Waals surface area contributed by atoms with Crippen LogP contribution in [0.25, 0.3) is 0 Å². The number of hydrogen-bond acceptors (Lipinski definition) is 4. The molecule has 6 heteroatoms. The van der Waals surface area contributed by atoms with Crippen LogP contribution in [0.15, 0.2) is 66.7 Å². The molecule has 3 aromatic rings. The summed E-state index contributed by atoms with van der Waals surface area (Å²) in [6.45, 7) is 8.74. The van der Waals surface area contributed by atoms with Crippen LogP contribution in [0.5, 0.6) is 5.75 Å². The SMILES string of the molecule is Cc1cc(C(C)C)cc(OCC(=O)O)c1[C@@H]1O[C@H](Cc2ccccc2)[C@H](c2ccc(Cl)cc2)C[C@H]1C1(C)CO1. The number of hydrogen-bond donors (Lipinski definition) is 1. The van der Waals surface area contributed by atoms with Crippen molar-refractivity contribution in [1.29, 1.82) is 0 Å². The maximum atomic E-state index is 11.5. The third-order valence-electron chi connectivity index (χ3n) is 8.28. The maximum Gasteiger partial charge on any atom is 0.341 e. The van der Waals surface area contributed by atoms with E-state index < -0.39 is 12.6 Å². The number of benzene rings is 3. The van der Waals surface area contributed by atoms with Crippen molar-refractivity contribution in [3.8, 4) is 5.75 Å². The fourth-order valence-electron chi connectivity index (χ4n) is 5.94. The molecule has 0 radical (unpaired) electrons. The number of aliphatic carboxylic acids is 1. The van der Waals surface area contributed by atoms with Gasteiger partial charge in [0, 0.05) is 22.4 Å². The molecular formula is C33H37ClO5. The summed E-state index contributed by atoms with van der Waals surface area (Å²) in [5.41, 5.74) is 5.17. The zero-order chi connectivity index (χ0) is 27.7. The summed E-state index contributed by atoms with van der Waals surface area (Å²) in [6, 6.07) is 22.7. The molecule has 2 fully saturated rings. The normalized spacial score (nSPS) is 26.4. The molecule has 1 N–H and O–H groups in total. The van der Waals surface area contributed by atoms with Crippen molar-refractivity contribution in [2.45, 2.75) is 70.2 Å². The van der Waals surface area contributed by atoms with E-state index in [2.05, 4.69) is 70.2 Å². The van der Waals surface area contributed by atoms with Gasteiger partial charge in [-0.2, -0.15) is 0 Å². The molecule has 1 unspecified atom stereocenters. The molecule has 0 amide bonds. The fraction of sp³-hybridized carbons (Fsp3) is 0.424. The summed E-state index contributed by atoms with van der Waals surface area (Å²) in [5.74, 6) is 0.0578. The van der Waals surface area contributed by atoms with Gasteiger partial charge in [0.05, 0.1) is 24.4 Å². The molecule has 5 atom stereocenters. The minimum absolute atomic E-state index is 0.0565. The monoisotopic (exact) mass is 548 g/mol. The van der Waals surface area contributed by atoms with Crippen molar-refractivity contribution in [3.05, 3.63) is 99.6 Å². The zero-order valence-corrected chi connectivity index (χ0v) is 23.8. The summed E-state index contributed by atoms with van der Waals surface area (Å²) < 4.78 is 19.1. The summed E-state index contributed by atoms with van der Waals surface area (Å²) in [7, 11) is 0. The number of epoxide rings is 1. The third kappa shape index (κ3) is 6.16. The number of rotatable bonds is 9. The average Bonchev–Trinajstić information content (AvgIpc) is 3.66. The van der Waals surface area contributed by atoms with E-state index in [0.717, 1.165) is 29.5 Å². The summed E-state index contributed by atoms with van der Waals surface area (Å²) >= 11 is 6.25. The second-order valence-electron chi connectivity index (χ2n) is 11.5.